The predicted molar refractivity (Wildman–Crippen MR) is 68.4 cm³/mol. The number of carbonyl (C=O) groups is 1. The molecule has 0 aromatic heterocycles. The van der Waals surface area contributed by atoms with Gasteiger partial charge in [0.15, 0.2) is 0 Å². The maximum atomic E-state index is 12.0. The van der Waals surface area contributed by atoms with Crippen molar-refractivity contribution in [3.8, 4) is 0 Å². The summed E-state index contributed by atoms with van der Waals surface area (Å²) in [6, 6.07) is -0.546. The number of esters is 1. The van der Waals surface area contributed by atoms with E-state index in [2.05, 4.69) is 5.32 Å². The average molecular weight is 274 g/mol. The number of nitro groups is 1. The number of ether oxygens (including phenoxy) is 2. The number of hydrogen-bond acceptors (Lipinski definition) is 6. The Morgan fingerprint density at radius 2 is 2.16 bits per heavy atom. The lowest BCUT2D eigenvalue weighted by atomic mass is 9.93. The first kappa shape index (κ1) is 15.8. The topological polar surface area (TPSA) is 90.7 Å². The molecule has 0 amide bonds. The third-order valence-corrected chi connectivity index (χ3v) is 3.02. The van der Waals surface area contributed by atoms with Crippen molar-refractivity contribution in [1.29, 1.82) is 0 Å². The van der Waals surface area contributed by atoms with Gasteiger partial charge >= 0.3 is 5.97 Å². The smallest absolute Gasteiger partial charge is 0.323 e. The SMILES string of the molecule is CCCOC(=O)[C@@H](NC1(C[N+](=O)[O-])COC1)C(C)C. The van der Waals surface area contributed by atoms with Crippen LogP contribution in [0.4, 0.5) is 0 Å². The molecule has 110 valence electrons. The van der Waals surface area contributed by atoms with Crippen molar-refractivity contribution in [1.82, 2.24) is 5.32 Å². The molecule has 0 radical (unpaired) electrons. The second-order valence-electron chi connectivity index (χ2n) is 5.30. The van der Waals surface area contributed by atoms with Crippen molar-refractivity contribution in [2.75, 3.05) is 26.4 Å². The molecule has 1 rings (SSSR count). The fourth-order valence-electron chi connectivity index (χ4n) is 1.94. The summed E-state index contributed by atoms with van der Waals surface area (Å²) in [4.78, 5) is 22.3. The Morgan fingerprint density at radius 1 is 1.53 bits per heavy atom. The number of hydrogen-bond donors (Lipinski definition) is 1. The van der Waals surface area contributed by atoms with E-state index >= 15 is 0 Å². The minimum atomic E-state index is -0.746. The van der Waals surface area contributed by atoms with Crippen LogP contribution < -0.4 is 5.32 Å². The first-order valence-corrected chi connectivity index (χ1v) is 6.54. The second-order valence-corrected chi connectivity index (χ2v) is 5.30. The van der Waals surface area contributed by atoms with Crippen LogP contribution in [0.5, 0.6) is 0 Å². The Labute approximate surface area is 112 Å². The molecule has 0 saturated carbocycles. The molecule has 7 nitrogen and oxygen atoms in total. The highest BCUT2D eigenvalue weighted by Crippen LogP contribution is 2.20. The lowest BCUT2D eigenvalue weighted by Crippen LogP contribution is -2.68. The highest BCUT2D eigenvalue weighted by atomic mass is 16.6. The summed E-state index contributed by atoms with van der Waals surface area (Å²) < 4.78 is 10.2. The monoisotopic (exact) mass is 274 g/mol. The van der Waals surface area contributed by atoms with Crippen LogP contribution in [-0.4, -0.2) is 48.8 Å². The van der Waals surface area contributed by atoms with E-state index in [9.17, 15) is 14.9 Å². The van der Waals surface area contributed by atoms with Crippen LogP contribution in [0.1, 0.15) is 27.2 Å². The van der Waals surface area contributed by atoms with E-state index in [4.69, 9.17) is 9.47 Å². The Hall–Kier alpha value is -1.21. The van der Waals surface area contributed by atoms with Crippen LogP contribution in [0.15, 0.2) is 0 Å². The van der Waals surface area contributed by atoms with Crippen LogP contribution in [-0.2, 0) is 14.3 Å². The van der Waals surface area contributed by atoms with E-state index in [1.807, 2.05) is 20.8 Å². The molecule has 1 heterocycles. The molecular weight excluding hydrogens is 252 g/mol. The van der Waals surface area contributed by atoms with Crippen LogP contribution in [0.2, 0.25) is 0 Å². The first-order valence-electron chi connectivity index (χ1n) is 6.54. The van der Waals surface area contributed by atoms with Crippen molar-refractivity contribution in [3.63, 3.8) is 0 Å². The molecule has 1 atom stereocenters. The number of rotatable bonds is 8. The van der Waals surface area contributed by atoms with Gasteiger partial charge in [0.05, 0.1) is 19.8 Å². The Morgan fingerprint density at radius 3 is 2.53 bits per heavy atom. The van der Waals surface area contributed by atoms with Gasteiger partial charge in [0.2, 0.25) is 6.54 Å². The van der Waals surface area contributed by atoms with Crippen LogP contribution in [0.25, 0.3) is 0 Å². The molecule has 1 aliphatic rings. The largest absolute Gasteiger partial charge is 0.465 e. The van der Waals surface area contributed by atoms with Crippen LogP contribution >= 0.6 is 0 Å². The van der Waals surface area contributed by atoms with E-state index in [0.717, 1.165) is 6.42 Å². The van der Waals surface area contributed by atoms with Crippen molar-refractivity contribution in [2.45, 2.75) is 38.8 Å². The van der Waals surface area contributed by atoms with Crippen LogP contribution in [0, 0.1) is 16.0 Å². The molecule has 0 unspecified atom stereocenters. The zero-order valence-electron chi connectivity index (χ0n) is 11.7. The van der Waals surface area contributed by atoms with Gasteiger partial charge in [0.1, 0.15) is 11.6 Å². The van der Waals surface area contributed by atoms with Gasteiger partial charge in [-0.3, -0.25) is 20.2 Å². The molecular formula is C12H22N2O5. The molecule has 1 saturated heterocycles. The molecule has 0 bridgehead atoms. The summed E-state index contributed by atoms with van der Waals surface area (Å²) in [5, 5.41) is 13.8. The van der Waals surface area contributed by atoms with Crippen molar-refractivity contribution < 1.29 is 19.2 Å². The van der Waals surface area contributed by atoms with Crippen molar-refractivity contribution in [2.24, 2.45) is 5.92 Å². The molecule has 1 fully saturated rings. The minimum Gasteiger partial charge on any atom is -0.465 e. The number of nitrogens with zero attached hydrogens (tertiary/aromatic N) is 1. The number of carbonyl (C=O) groups excluding carboxylic acids is 1. The molecule has 0 aromatic rings. The van der Waals surface area contributed by atoms with Gasteiger partial charge in [0, 0.05) is 4.92 Å². The standard InChI is InChI=1S/C12H22N2O5/c1-4-5-19-11(15)10(9(2)3)13-12(6-14(16)17)7-18-8-12/h9-10,13H,4-8H2,1-3H3/t10-/m0/s1. The average Bonchev–Trinajstić information content (AvgIpc) is 2.28. The highest BCUT2D eigenvalue weighted by Gasteiger charge is 2.46. The Kier molecular flexibility index (Phi) is 5.68. The lowest BCUT2D eigenvalue weighted by molar-refractivity contribution is -0.499. The van der Waals surface area contributed by atoms with E-state index in [0.29, 0.717) is 6.61 Å². The summed E-state index contributed by atoms with van der Waals surface area (Å²) in [5.41, 5.74) is -0.746. The van der Waals surface area contributed by atoms with Gasteiger partial charge in [-0.05, 0) is 12.3 Å². The van der Waals surface area contributed by atoms with Crippen molar-refractivity contribution >= 4 is 5.97 Å². The lowest BCUT2D eigenvalue weighted by Gasteiger charge is -2.41. The molecule has 0 spiro atoms. The van der Waals surface area contributed by atoms with Crippen molar-refractivity contribution in [3.05, 3.63) is 10.1 Å². The first-order chi connectivity index (χ1) is 8.90. The Balaban J connectivity index is 2.66. The third kappa shape index (κ3) is 4.43. The van der Waals surface area contributed by atoms with Gasteiger partial charge < -0.3 is 9.47 Å². The zero-order chi connectivity index (χ0) is 14.5. The third-order valence-electron chi connectivity index (χ3n) is 3.02. The number of nitrogens with one attached hydrogen (secondary N) is 1. The van der Waals surface area contributed by atoms with E-state index < -0.39 is 11.6 Å². The van der Waals surface area contributed by atoms with Gasteiger partial charge in [-0.15, -0.1) is 0 Å². The highest BCUT2D eigenvalue weighted by molar-refractivity contribution is 5.76. The summed E-state index contributed by atoms with van der Waals surface area (Å²) in [5.74, 6) is -0.361. The zero-order valence-corrected chi connectivity index (χ0v) is 11.7. The maximum Gasteiger partial charge on any atom is 0.323 e. The molecule has 19 heavy (non-hydrogen) atoms. The maximum absolute atomic E-state index is 12.0. The second kappa shape index (κ2) is 6.81. The van der Waals surface area contributed by atoms with Gasteiger partial charge in [0.25, 0.3) is 0 Å². The fourth-order valence-corrected chi connectivity index (χ4v) is 1.94. The quantitative estimate of drug-likeness (QED) is 0.396. The minimum absolute atomic E-state index is 0.00594. The van der Waals surface area contributed by atoms with E-state index in [1.54, 1.807) is 0 Å². The normalized spacial score (nSPS) is 18.7. The summed E-state index contributed by atoms with van der Waals surface area (Å²) >= 11 is 0. The van der Waals surface area contributed by atoms with Crippen LogP contribution in [0.3, 0.4) is 0 Å². The Bertz CT molecular complexity index is 328. The van der Waals surface area contributed by atoms with Gasteiger partial charge in [-0.1, -0.05) is 20.8 Å². The van der Waals surface area contributed by atoms with E-state index in [-0.39, 0.29) is 36.6 Å². The van der Waals surface area contributed by atoms with Gasteiger partial charge in [-0.25, -0.2) is 0 Å². The fraction of sp³-hybridized carbons (Fsp3) is 0.917. The summed E-state index contributed by atoms with van der Waals surface area (Å²) in [6.07, 6.45) is 0.750. The molecule has 0 aromatic carbocycles. The molecule has 7 heteroatoms. The molecule has 1 N–H and O–H groups in total. The molecule has 0 aliphatic carbocycles. The summed E-state index contributed by atoms with van der Waals surface area (Å²) in [6.45, 7) is 6.28. The molecule has 1 aliphatic heterocycles. The van der Waals surface area contributed by atoms with Gasteiger partial charge in [-0.2, -0.15) is 0 Å². The summed E-state index contributed by atoms with van der Waals surface area (Å²) in [7, 11) is 0. The van der Waals surface area contributed by atoms with E-state index in [1.165, 1.54) is 0 Å². The predicted octanol–water partition coefficient (Wildman–Crippen LogP) is 0.599.